The molecule has 2 aromatic rings. The van der Waals surface area contributed by atoms with Gasteiger partial charge in [-0.3, -0.25) is 9.59 Å². The number of benzene rings is 1. The van der Waals surface area contributed by atoms with Gasteiger partial charge in [0.05, 0.1) is 12.1 Å². The summed E-state index contributed by atoms with van der Waals surface area (Å²) >= 11 is 0. The first-order valence-electron chi connectivity index (χ1n) is 5.13. The number of pyridine rings is 1. The summed E-state index contributed by atoms with van der Waals surface area (Å²) in [5, 5.41) is 9.52. The molecule has 4 nitrogen and oxygen atoms in total. The highest BCUT2D eigenvalue weighted by atomic mass is 16.3. The standard InChI is InChI=1S/C13H11NO3/c15-9-11-5-4-10(7-12(11)16)8-14-6-2-1-3-13(14)17/h1-7,9,16H,8H2. The van der Waals surface area contributed by atoms with E-state index in [9.17, 15) is 14.7 Å². The van der Waals surface area contributed by atoms with Crippen molar-refractivity contribution in [2.75, 3.05) is 0 Å². The molecule has 1 aromatic carbocycles. The Morgan fingerprint density at radius 3 is 2.71 bits per heavy atom. The fraction of sp³-hybridized carbons (Fsp3) is 0.0769. The minimum atomic E-state index is -0.105. The number of phenols is 1. The van der Waals surface area contributed by atoms with E-state index < -0.39 is 0 Å². The molecular weight excluding hydrogens is 218 g/mol. The highest BCUT2D eigenvalue weighted by Crippen LogP contribution is 2.17. The molecule has 4 heteroatoms. The lowest BCUT2D eigenvalue weighted by Crippen LogP contribution is -2.18. The monoisotopic (exact) mass is 229 g/mol. The second-order valence-corrected chi connectivity index (χ2v) is 3.68. The Balaban J connectivity index is 2.31. The van der Waals surface area contributed by atoms with Gasteiger partial charge in [0.15, 0.2) is 6.29 Å². The van der Waals surface area contributed by atoms with Crippen molar-refractivity contribution in [3.05, 3.63) is 64.1 Å². The molecule has 0 fully saturated rings. The van der Waals surface area contributed by atoms with Crippen LogP contribution in [0.3, 0.4) is 0 Å². The van der Waals surface area contributed by atoms with Gasteiger partial charge in [-0.15, -0.1) is 0 Å². The average molecular weight is 229 g/mol. The number of aldehydes is 1. The van der Waals surface area contributed by atoms with E-state index in [4.69, 9.17) is 0 Å². The van der Waals surface area contributed by atoms with Crippen LogP contribution in [-0.2, 0) is 6.54 Å². The maximum absolute atomic E-state index is 11.5. The SMILES string of the molecule is O=Cc1ccc(Cn2ccccc2=O)cc1O. The molecule has 0 atom stereocenters. The highest BCUT2D eigenvalue weighted by molar-refractivity contribution is 5.79. The number of hydrogen-bond donors (Lipinski definition) is 1. The number of aromatic nitrogens is 1. The van der Waals surface area contributed by atoms with Crippen LogP contribution in [0, 0.1) is 0 Å². The summed E-state index contributed by atoms with van der Waals surface area (Å²) in [4.78, 5) is 22.0. The lowest BCUT2D eigenvalue weighted by Gasteiger charge is -2.06. The molecule has 2 rings (SSSR count). The van der Waals surface area contributed by atoms with Crippen molar-refractivity contribution < 1.29 is 9.90 Å². The zero-order valence-corrected chi connectivity index (χ0v) is 9.04. The van der Waals surface area contributed by atoms with Crippen LogP contribution in [0.5, 0.6) is 5.75 Å². The van der Waals surface area contributed by atoms with Gasteiger partial charge in [-0.25, -0.2) is 0 Å². The number of carbonyl (C=O) groups excluding carboxylic acids is 1. The van der Waals surface area contributed by atoms with Crippen LogP contribution in [0.25, 0.3) is 0 Å². The minimum Gasteiger partial charge on any atom is -0.507 e. The first kappa shape index (κ1) is 11.1. The fourth-order valence-corrected chi connectivity index (χ4v) is 1.58. The molecule has 0 bridgehead atoms. The predicted molar refractivity (Wildman–Crippen MR) is 63.3 cm³/mol. The molecule has 1 heterocycles. The molecule has 0 saturated heterocycles. The second-order valence-electron chi connectivity index (χ2n) is 3.68. The molecule has 0 aliphatic carbocycles. The summed E-state index contributed by atoms with van der Waals surface area (Å²) in [6.45, 7) is 0.367. The average Bonchev–Trinajstić information content (AvgIpc) is 2.32. The molecule has 0 aliphatic heterocycles. The zero-order valence-electron chi connectivity index (χ0n) is 9.04. The quantitative estimate of drug-likeness (QED) is 0.809. The molecule has 0 unspecified atom stereocenters. The molecule has 17 heavy (non-hydrogen) atoms. The Bertz CT molecular complexity index is 602. The van der Waals surface area contributed by atoms with Gasteiger partial charge in [-0.2, -0.15) is 0 Å². The van der Waals surface area contributed by atoms with Gasteiger partial charge >= 0.3 is 0 Å². The Morgan fingerprint density at radius 1 is 1.24 bits per heavy atom. The smallest absolute Gasteiger partial charge is 0.250 e. The molecule has 1 aromatic heterocycles. The molecule has 0 amide bonds. The van der Waals surface area contributed by atoms with Crippen molar-refractivity contribution >= 4 is 6.29 Å². The second kappa shape index (κ2) is 4.65. The molecule has 0 radical (unpaired) electrons. The van der Waals surface area contributed by atoms with Crippen molar-refractivity contribution in [3.63, 3.8) is 0 Å². The van der Waals surface area contributed by atoms with Crippen LogP contribution in [-0.4, -0.2) is 16.0 Å². The number of phenolic OH excluding ortho intramolecular Hbond substituents is 1. The lowest BCUT2D eigenvalue weighted by molar-refractivity contribution is 0.112. The number of nitrogens with zero attached hydrogens (tertiary/aromatic N) is 1. The zero-order chi connectivity index (χ0) is 12.3. The van der Waals surface area contributed by atoms with Crippen LogP contribution in [0.4, 0.5) is 0 Å². The molecule has 0 spiro atoms. The third-order valence-corrected chi connectivity index (χ3v) is 2.47. The minimum absolute atomic E-state index is 0.0681. The van der Waals surface area contributed by atoms with E-state index in [0.717, 1.165) is 5.56 Å². The Hall–Kier alpha value is -2.36. The maximum atomic E-state index is 11.5. The van der Waals surface area contributed by atoms with E-state index in [-0.39, 0.29) is 16.9 Å². The van der Waals surface area contributed by atoms with Gasteiger partial charge in [0.2, 0.25) is 0 Å². The fourth-order valence-electron chi connectivity index (χ4n) is 1.58. The van der Waals surface area contributed by atoms with Crippen LogP contribution in [0.2, 0.25) is 0 Å². The summed E-state index contributed by atoms with van der Waals surface area (Å²) < 4.78 is 1.52. The van der Waals surface area contributed by atoms with Crippen molar-refractivity contribution in [1.82, 2.24) is 4.57 Å². The van der Waals surface area contributed by atoms with Crippen LogP contribution in [0.1, 0.15) is 15.9 Å². The van der Waals surface area contributed by atoms with Crippen molar-refractivity contribution in [2.45, 2.75) is 6.54 Å². The molecule has 0 aliphatic rings. The van der Waals surface area contributed by atoms with Crippen LogP contribution < -0.4 is 5.56 Å². The Morgan fingerprint density at radius 2 is 2.06 bits per heavy atom. The molecule has 86 valence electrons. The molecular formula is C13H11NO3. The predicted octanol–water partition coefficient (Wildman–Crippen LogP) is 1.41. The normalized spacial score (nSPS) is 10.1. The molecule has 1 N–H and O–H groups in total. The first-order valence-corrected chi connectivity index (χ1v) is 5.13. The van der Waals surface area contributed by atoms with Crippen molar-refractivity contribution in [2.24, 2.45) is 0 Å². The topological polar surface area (TPSA) is 59.3 Å². The van der Waals surface area contributed by atoms with Gasteiger partial charge in [-0.1, -0.05) is 12.1 Å². The number of aromatic hydroxyl groups is 1. The van der Waals surface area contributed by atoms with Gasteiger partial charge in [0, 0.05) is 12.3 Å². The third kappa shape index (κ3) is 2.42. The molecule has 0 saturated carbocycles. The van der Waals surface area contributed by atoms with E-state index in [1.807, 2.05) is 0 Å². The van der Waals surface area contributed by atoms with E-state index in [2.05, 4.69) is 0 Å². The van der Waals surface area contributed by atoms with Gasteiger partial charge in [-0.05, 0) is 23.8 Å². The Kier molecular flexibility index (Phi) is 3.05. The summed E-state index contributed by atoms with van der Waals surface area (Å²) in [7, 11) is 0. The lowest BCUT2D eigenvalue weighted by atomic mass is 10.1. The van der Waals surface area contributed by atoms with Crippen molar-refractivity contribution in [1.29, 1.82) is 0 Å². The highest BCUT2D eigenvalue weighted by Gasteiger charge is 2.02. The van der Waals surface area contributed by atoms with Gasteiger partial charge in [0.25, 0.3) is 5.56 Å². The first-order chi connectivity index (χ1) is 8.20. The van der Waals surface area contributed by atoms with Crippen LogP contribution in [0.15, 0.2) is 47.4 Å². The van der Waals surface area contributed by atoms with E-state index in [1.54, 1.807) is 24.4 Å². The summed E-state index contributed by atoms with van der Waals surface area (Å²) in [6.07, 6.45) is 2.26. The summed E-state index contributed by atoms with van der Waals surface area (Å²) in [6, 6.07) is 9.64. The van der Waals surface area contributed by atoms with E-state index in [0.29, 0.717) is 12.8 Å². The van der Waals surface area contributed by atoms with Crippen LogP contribution >= 0.6 is 0 Å². The third-order valence-electron chi connectivity index (χ3n) is 2.47. The Labute approximate surface area is 97.8 Å². The number of carbonyl (C=O) groups is 1. The maximum Gasteiger partial charge on any atom is 0.250 e. The summed E-state index contributed by atoms with van der Waals surface area (Å²) in [5.41, 5.74) is 0.905. The number of hydrogen-bond acceptors (Lipinski definition) is 3. The van der Waals surface area contributed by atoms with E-state index >= 15 is 0 Å². The van der Waals surface area contributed by atoms with Gasteiger partial charge in [0.1, 0.15) is 5.75 Å². The van der Waals surface area contributed by atoms with Crippen molar-refractivity contribution in [3.8, 4) is 5.75 Å². The van der Waals surface area contributed by atoms with E-state index in [1.165, 1.54) is 22.8 Å². The largest absolute Gasteiger partial charge is 0.507 e. The van der Waals surface area contributed by atoms with Gasteiger partial charge < -0.3 is 9.67 Å². The summed E-state index contributed by atoms with van der Waals surface area (Å²) in [5.74, 6) is -0.0681. The number of rotatable bonds is 3.